The number of nitrogens with zero attached hydrogens (tertiary/aromatic N) is 5. The molecule has 2 fully saturated rings. The number of carbonyl (C=O) groups excluding carboxylic acids is 5. The predicted molar refractivity (Wildman–Crippen MR) is 311 cm³/mol. The zero-order valence-corrected chi connectivity index (χ0v) is 47.4. The smallest absolute Gasteiger partial charge is 0.333 e. The van der Waals surface area contributed by atoms with Crippen LogP contribution in [0.1, 0.15) is 81.5 Å². The van der Waals surface area contributed by atoms with E-state index in [9.17, 15) is 24.0 Å². The van der Waals surface area contributed by atoms with Gasteiger partial charge in [0.1, 0.15) is 13.2 Å². The number of thioether (sulfide) groups is 1. The first kappa shape index (κ1) is 57.4. The third-order valence-corrected chi connectivity index (χ3v) is 16.8. The van der Waals surface area contributed by atoms with Crippen LogP contribution < -0.4 is 39.0 Å². The number of methoxy groups -OCH3 is 3. The van der Waals surface area contributed by atoms with Gasteiger partial charge in [0.25, 0.3) is 23.6 Å². The fourth-order valence-corrected chi connectivity index (χ4v) is 12.1. The molecule has 5 aliphatic rings. The molecule has 1 aliphatic carbocycles. The summed E-state index contributed by atoms with van der Waals surface area (Å²) in [7, 11) is 4.72. The molecule has 82 heavy (non-hydrogen) atoms. The van der Waals surface area contributed by atoms with Gasteiger partial charge in [0.05, 0.1) is 75.8 Å². The standard InChI is InChI=1S/C62H68N6O13S/c1-5-63-49-35-55(53(75-3)33-47(49)60(72)66-21-18-43-11-6-8-13-51(43)66)79-38-41-29-42(39-80-56-36-50-48(34-54(56)76-4)61(73)67-46(37-64-50)32-44-12-7-9-14-52(44)67)31-45(30-41)65(22-23-77-26-27-78-25-24-74-2)40-62(19-20-62)82-28-10-15-59(71)81-68-57(69)16-17-58(68)70/h6-9,11-14,29-31,33-36,46,64H,1,10,15-28,32,37-40H2,2-4H3/t46-/m0/s1. The normalized spacial score (nSPS) is 16.3. The molecule has 4 amide bonds. The van der Waals surface area contributed by atoms with Crippen molar-refractivity contribution in [2.75, 3.05) is 106 Å². The van der Waals surface area contributed by atoms with Gasteiger partial charge in [-0.3, -0.25) is 19.2 Å². The fraction of sp³-hybridized carbons (Fsp3) is 0.403. The average molecular weight is 1140 g/mol. The van der Waals surface area contributed by atoms with Crippen molar-refractivity contribution in [3.05, 3.63) is 131 Å². The van der Waals surface area contributed by atoms with Crippen molar-refractivity contribution in [2.45, 2.75) is 75.4 Å². The van der Waals surface area contributed by atoms with Gasteiger partial charge in [-0.15, -0.1) is 5.06 Å². The maximum absolute atomic E-state index is 14.3. The Kier molecular flexibility index (Phi) is 18.4. The van der Waals surface area contributed by atoms with Crippen LogP contribution in [0.25, 0.3) is 0 Å². The van der Waals surface area contributed by atoms with Crippen molar-refractivity contribution in [3.63, 3.8) is 0 Å². The number of nitrogens with one attached hydrogen (secondary N) is 1. The molecule has 4 heterocycles. The molecule has 430 valence electrons. The minimum atomic E-state index is -0.618. The van der Waals surface area contributed by atoms with Crippen molar-refractivity contribution in [1.29, 1.82) is 0 Å². The Hall–Kier alpha value is -7.87. The van der Waals surface area contributed by atoms with Crippen LogP contribution in [0.3, 0.4) is 0 Å². The summed E-state index contributed by atoms with van der Waals surface area (Å²) >= 11 is 1.79. The van der Waals surface area contributed by atoms with Gasteiger partial charge in [-0.2, -0.15) is 11.8 Å². The molecule has 1 atom stereocenters. The van der Waals surface area contributed by atoms with E-state index in [0.717, 1.165) is 65.0 Å². The third kappa shape index (κ3) is 13.2. The van der Waals surface area contributed by atoms with Gasteiger partial charge in [0.15, 0.2) is 23.0 Å². The lowest BCUT2D eigenvalue weighted by atomic mass is 10.1. The monoisotopic (exact) mass is 1140 g/mol. The number of hydrogen-bond acceptors (Lipinski definition) is 17. The molecule has 20 heteroatoms. The Morgan fingerprint density at radius 1 is 0.780 bits per heavy atom. The number of benzene rings is 5. The molecular weight excluding hydrogens is 1070 g/mol. The highest BCUT2D eigenvalue weighted by Crippen LogP contribution is 2.50. The van der Waals surface area contributed by atoms with Crippen LogP contribution in [-0.2, 0) is 59.5 Å². The number of ether oxygens (including phenoxy) is 7. The molecule has 10 rings (SSSR count). The highest BCUT2D eigenvalue weighted by Gasteiger charge is 2.45. The Morgan fingerprint density at radius 3 is 2.16 bits per heavy atom. The summed E-state index contributed by atoms with van der Waals surface area (Å²) < 4.78 is 41.9. The molecule has 0 aromatic heterocycles. The minimum absolute atomic E-state index is 0.0341. The Morgan fingerprint density at radius 2 is 1.45 bits per heavy atom. The van der Waals surface area contributed by atoms with Crippen LogP contribution in [0, 0.1) is 0 Å². The van der Waals surface area contributed by atoms with Gasteiger partial charge in [0.2, 0.25) is 0 Å². The second-order valence-electron chi connectivity index (χ2n) is 20.6. The van der Waals surface area contributed by atoms with E-state index in [0.29, 0.717) is 122 Å². The summed E-state index contributed by atoms with van der Waals surface area (Å²) in [6, 6.07) is 28.9. The number of hydrogen-bond donors (Lipinski definition) is 1. The van der Waals surface area contributed by atoms with E-state index < -0.39 is 17.8 Å². The summed E-state index contributed by atoms with van der Waals surface area (Å²) in [5, 5.41) is 4.12. The van der Waals surface area contributed by atoms with Gasteiger partial charge < -0.3 is 58.0 Å². The van der Waals surface area contributed by atoms with E-state index in [4.69, 9.17) is 38.0 Å². The molecule has 5 aromatic carbocycles. The van der Waals surface area contributed by atoms with Gasteiger partial charge >= 0.3 is 5.97 Å². The van der Waals surface area contributed by atoms with E-state index in [2.05, 4.69) is 45.9 Å². The van der Waals surface area contributed by atoms with E-state index >= 15 is 0 Å². The average Bonchev–Trinajstić information content (AvgIpc) is 3.91. The lowest BCUT2D eigenvalue weighted by Gasteiger charge is -2.30. The summed E-state index contributed by atoms with van der Waals surface area (Å²) in [6.45, 7) is 8.28. The van der Waals surface area contributed by atoms with Crippen molar-refractivity contribution >= 4 is 75.7 Å². The Bertz CT molecular complexity index is 3240. The summed E-state index contributed by atoms with van der Waals surface area (Å²) in [5.74, 6) is 2.84. The number of rotatable bonds is 28. The summed E-state index contributed by atoms with van der Waals surface area (Å²) in [6.07, 6.45) is 4.00. The molecule has 1 saturated carbocycles. The van der Waals surface area contributed by atoms with Crippen LogP contribution in [-0.4, -0.2) is 138 Å². The van der Waals surface area contributed by atoms with Crippen molar-refractivity contribution in [2.24, 2.45) is 4.99 Å². The van der Waals surface area contributed by atoms with Crippen molar-refractivity contribution < 1.29 is 62.0 Å². The molecule has 0 radical (unpaired) electrons. The van der Waals surface area contributed by atoms with E-state index in [1.54, 1.807) is 49.1 Å². The van der Waals surface area contributed by atoms with Crippen molar-refractivity contribution in [1.82, 2.24) is 5.06 Å². The lowest BCUT2D eigenvalue weighted by Crippen LogP contribution is -2.39. The topological polar surface area (TPSA) is 197 Å². The number of fused-ring (bicyclic) bond motifs is 5. The molecule has 0 spiro atoms. The number of imide groups is 1. The summed E-state index contributed by atoms with van der Waals surface area (Å²) in [4.78, 5) is 80.9. The molecule has 4 aliphatic heterocycles. The first-order chi connectivity index (χ1) is 40.0. The molecular formula is C62H68N6O13S. The number of carbonyl (C=O) groups is 5. The second kappa shape index (κ2) is 26.4. The van der Waals surface area contributed by atoms with E-state index in [1.165, 1.54) is 7.11 Å². The Balaban J connectivity index is 0.924. The van der Waals surface area contributed by atoms with Gasteiger partial charge in [-0.05, 0) is 115 Å². The molecule has 5 aromatic rings. The maximum atomic E-state index is 14.3. The fourth-order valence-electron chi connectivity index (χ4n) is 10.8. The van der Waals surface area contributed by atoms with Crippen LogP contribution >= 0.6 is 11.8 Å². The molecule has 0 unspecified atom stereocenters. The van der Waals surface area contributed by atoms with Gasteiger partial charge in [0, 0.05) is 86.5 Å². The van der Waals surface area contributed by atoms with E-state index in [1.807, 2.05) is 59.5 Å². The van der Waals surface area contributed by atoms with E-state index in [-0.39, 0.29) is 55.1 Å². The quantitative estimate of drug-likeness (QED) is 0.0283. The molecule has 0 bridgehead atoms. The first-order valence-corrected chi connectivity index (χ1v) is 28.7. The largest absolute Gasteiger partial charge is 0.493 e. The van der Waals surface area contributed by atoms with Gasteiger partial charge in [-0.1, -0.05) is 36.4 Å². The SMILES string of the molecule is C=C=Nc1cc(OCc2cc(COc3cc4c(cc3OC)C(=O)N3c5ccccc5C[C@H]3CN4)cc(N(CCOCCOCCOC)CC3(SCCCC(=O)ON4C(=O)CCC4=O)CC3)c2)c(OC)cc1C(=O)N1CCc2ccccc21. The number of hydroxylamine groups is 2. The highest BCUT2D eigenvalue weighted by molar-refractivity contribution is 8.01. The molecule has 19 nitrogen and oxygen atoms in total. The lowest BCUT2D eigenvalue weighted by molar-refractivity contribution is -0.197. The number of amides is 4. The second-order valence-corrected chi connectivity index (χ2v) is 22.2. The molecule has 1 N–H and O–H groups in total. The van der Waals surface area contributed by atoms with Crippen molar-refractivity contribution in [3.8, 4) is 23.0 Å². The van der Waals surface area contributed by atoms with Crippen LogP contribution in [0.5, 0.6) is 23.0 Å². The Labute approximate surface area is 481 Å². The first-order valence-electron chi connectivity index (χ1n) is 27.7. The van der Waals surface area contributed by atoms with Crippen LogP contribution in [0.2, 0.25) is 0 Å². The number of para-hydroxylation sites is 2. The predicted octanol–water partition coefficient (Wildman–Crippen LogP) is 8.69. The zero-order chi connectivity index (χ0) is 57.2. The highest BCUT2D eigenvalue weighted by atomic mass is 32.2. The molecule has 1 saturated heterocycles. The third-order valence-electron chi connectivity index (χ3n) is 15.1. The maximum Gasteiger partial charge on any atom is 0.333 e. The number of aliphatic imine (C=N–C) groups is 1. The zero-order valence-electron chi connectivity index (χ0n) is 46.5. The van der Waals surface area contributed by atoms with Crippen LogP contribution in [0.15, 0.2) is 103 Å². The van der Waals surface area contributed by atoms with Crippen LogP contribution in [0.4, 0.5) is 28.4 Å². The number of anilines is 4. The van der Waals surface area contributed by atoms with Gasteiger partial charge in [-0.25, -0.2) is 9.79 Å². The minimum Gasteiger partial charge on any atom is -0.493 e. The summed E-state index contributed by atoms with van der Waals surface area (Å²) in [5.41, 5.74) is 8.28.